The Hall–Kier alpha value is -1.35. The highest BCUT2D eigenvalue weighted by atomic mass is 32.2. The lowest BCUT2D eigenvalue weighted by atomic mass is 9.97. The molecule has 90 valence electrons. The van der Waals surface area contributed by atoms with Crippen LogP contribution in [0.2, 0.25) is 0 Å². The molecule has 3 heteroatoms. The van der Waals surface area contributed by atoms with Crippen LogP contribution in [0, 0.1) is 0 Å². The summed E-state index contributed by atoms with van der Waals surface area (Å²) in [6.45, 7) is 5.79. The molecule has 1 aliphatic carbocycles. The summed E-state index contributed by atoms with van der Waals surface area (Å²) in [4.78, 5) is 0.812. The van der Waals surface area contributed by atoms with E-state index in [1.807, 2.05) is 13.0 Å². The molecule has 0 amide bonds. The van der Waals surface area contributed by atoms with Crippen molar-refractivity contribution in [3.63, 3.8) is 0 Å². The first kappa shape index (κ1) is 12.1. The van der Waals surface area contributed by atoms with Gasteiger partial charge in [-0.1, -0.05) is 30.4 Å². The maximum Gasteiger partial charge on any atom is 0.206 e. The first-order chi connectivity index (χ1) is 8.03. The Kier molecular flexibility index (Phi) is 3.20. The standard InChI is InChI=1S/C14H16O2S/c1-11-7-6-8-12(2)14(11)17(15,16)13-9-4-3-5-10-13/h3-5,9-10H,1,6-8H2,2H3. The van der Waals surface area contributed by atoms with Crippen molar-refractivity contribution in [3.8, 4) is 0 Å². The molecule has 0 unspecified atom stereocenters. The smallest absolute Gasteiger partial charge is 0.206 e. The first-order valence-corrected chi connectivity index (χ1v) is 7.20. The van der Waals surface area contributed by atoms with Gasteiger partial charge in [0.2, 0.25) is 9.84 Å². The highest BCUT2D eigenvalue weighted by Crippen LogP contribution is 2.35. The van der Waals surface area contributed by atoms with Gasteiger partial charge in [0.1, 0.15) is 0 Å². The van der Waals surface area contributed by atoms with Gasteiger partial charge in [-0.25, -0.2) is 8.42 Å². The van der Waals surface area contributed by atoms with Crippen LogP contribution in [0.25, 0.3) is 0 Å². The van der Waals surface area contributed by atoms with Gasteiger partial charge in [0, 0.05) is 0 Å². The fourth-order valence-corrected chi connectivity index (χ4v) is 4.03. The number of sulfone groups is 1. The molecule has 0 aromatic heterocycles. The highest BCUT2D eigenvalue weighted by molar-refractivity contribution is 7.95. The summed E-state index contributed by atoms with van der Waals surface area (Å²) in [6.07, 6.45) is 2.62. The van der Waals surface area contributed by atoms with Gasteiger partial charge in [-0.15, -0.1) is 0 Å². The minimum atomic E-state index is -3.38. The van der Waals surface area contributed by atoms with Crippen LogP contribution in [0.15, 0.2) is 57.9 Å². The first-order valence-electron chi connectivity index (χ1n) is 5.71. The van der Waals surface area contributed by atoms with Crippen LogP contribution >= 0.6 is 0 Å². The Morgan fingerprint density at radius 3 is 2.35 bits per heavy atom. The fraction of sp³-hybridized carbons (Fsp3) is 0.286. The molecule has 1 aromatic rings. The molecule has 0 fully saturated rings. The number of hydrogen-bond acceptors (Lipinski definition) is 2. The van der Waals surface area contributed by atoms with E-state index in [0.717, 1.165) is 30.4 Å². The predicted molar refractivity (Wildman–Crippen MR) is 69.3 cm³/mol. The van der Waals surface area contributed by atoms with Gasteiger partial charge in [-0.2, -0.15) is 0 Å². The van der Waals surface area contributed by atoms with E-state index in [0.29, 0.717) is 9.80 Å². The van der Waals surface area contributed by atoms with Crippen molar-refractivity contribution in [2.75, 3.05) is 0 Å². The molecule has 0 heterocycles. The summed E-state index contributed by atoms with van der Waals surface area (Å²) in [5.74, 6) is 0. The summed E-state index contributed by atoms with van der Waals surface area (Å²) < 4.78 is 25.0. The fourth-order valence-electron chi connectivity index (χ4n) is 2.23. The molecule has 0 atom stereocenters. The van der Waals surface area contributed by atoms with Crippen molar-refractivity contribution >= 4 is 9.84 Å². The van der Waals surface area contributed by atoms with Gasteiger partial charge in [-0.05, 0) is 43.9 Å². The highest BCUT2D eigenvalue weighted by Gasteiger charge is 2.26. The van der Waals surface area contributed by atoms with E-state index >= 15 is 0 Å². The zero-order valence-corrected chi connectivity index (χ0v) is 10.8. The third-order valence-corrected chi connectivity index (χ3v) is 5.13. The monoisotopic (exact) mass is 248 g/mol. The summed E-state index contributed by atoms with van der Waals surface area (Å²) in [5.41, 5.74) is 1.68. The lowest BCUT2D eigenvalue weighted by Crippen LogP contribution is -2.12. The zero-order valence-electron chi connectivity index (χ0n) is 9.94. The number of allylic oxidation sites excluding steroid dienone is 2. The van der Waals surface area contributed by atoms with Crippen LogP contribution in [-0.2, 0) is 9.84 Å². The number of benzene rings is 1. The molecule has 0 N–H and O–H groups in total. The van der Waals surface area contributed by atoms with Crippen molar-refractivity contribution in [1.82, 2.24) is 0 Å². The number of hydrogen-bond donors (Lipinski definition) is 0. The molecule has 2 nitrogen and oxygen atoms in total. The predicted octanol–water partition coefficient (Wildman–Crippen LogP) is 3.47. The van der Waals surface area contributed by atoms with E-state index in [2.05, 4.69) is 6.58 Å². The van der Waals surface area contributed by atoms with Gasteiger partial charge in [-0.3, -0.25) is 0 Å². The second kappa shape index (κ2) is 4.49. The molecule has 1 aromatic carbocycles. The maximum atomic E-state index is 12.5. The maximum absolute atomic E-state index is 12.5. The van der Waals surface area contributed by atoms with Gasteiger partial charge in [0.05, 0.1) is 9.80 Å². The third kappa shape index (κ3) is 2.20. The van der Waals surface area contributed by atoms with E-state index in [1.54, 1.807) is 24.3 Å². The number of rotatable bonds is 2. The van der Waals surface area contributed by atoms with Crippen LogP contribution in [0.3, 0.4) is 0 Å². The Labute approximate surface area is 103 Å². The Morgan fingerprint density at radius 1 is 1.12 bits per heavy atom. The van der Waals surface area contributed by atoms with Crippen molar-refractivity contribution in [3.05, 3.63) is 53.0 Å². The van der Waals surface area contributed by atoms with Crippen LogP contribution in [-0.4, -0.2) is 8.42 Å². The molecule has 2 rings (SSSR count). The van der Waals surface area contributed by atoms with E-state index in [9.17, 15) is 8.42 Å². The minimum Gasteiger partial charge on any atom is -0.219 e. The summed E-state index contributed by atoms with van der Waals surface area (Å²) >= 11 is 0. The molecule has 17 heavy (non-hydrogen) atoms. The molecule has 0 saturated carbocycles. The molecular weight excluding hydrogens is 232 g/mol. The summed E-state index contributed by atoms with van der Waals surface area (Å²) in [5, 5.41) is 0. The van der Waals surface area contributed by atoms with Gasteiger partial charge < -0.3 is 0 Å². The average Bonchev–Trinajstić information content (AvgIpc) is 2.29. The molecule has 0 bridgehead atoms. The average molecular weight is 248 g/mol. The lowest BCUT2D eigenvalue weighted by Gasteiger charge is -2.20. The Morgan fingerprint density at radius 2 is 1.76 bits per heavy atom. The largest absolute Gasteiger partial charge is 0.219 e. The summed E-state index contributed by atoms with van der Waals surface area (Å²) in [6, 6.07) is 8.58. The van der Waals surface area contributed by atoms with Crippen LogP contribution in [0.1, 0.15) is 26.2 Å². The zero-order chi connectivity index (χ0) is 12.5. The lowest BCUT2D eigenvalue weighted by molar-refractivity contribution is 0.600. The normalized spacial score (nSPS) is 17.4. The Balaban J connectivity index is 2.57. The minimum absolute atomic E-state index is 0.359. The SMILES string of the molecule is C=C1CCCC(C)=C1S(=O)(=O)c1ccccc1. The Bertz CT molecular complexity index is 565. The molecule has 0 spiro atoms. The topological polar surface area (TPSA) is 34.1 Å². The quantitative estimate of drug-likeness (QED) is 0.803. The van der Waals surface area contributed by atoms with E-state index in [-0.39, 0.29) is 0 Å². The second-order valence-corrected chi connectivity index (χ2v) is 6.27. The van der Waals surface area contributed by atoms with Crippen molar-refractivity contribution in [2.24, 2.45) is 0 Å². The van der Waals surface area contributed by atoms with Crippen LogP contribution in [0.5, 0.6) is 0 Å². The van der Waals surface area contributed by atoms with Gasteiger partial charge in [0.15, 0.2) is 0 Å². The second-order valence-electron chi connectivity index (χ2n) is 4.38. The summed E-state index contributed by atoms with van der Waals surface area (Å²) in [7, 11) is -3.38. The molecule has 1 aliphatic rings. The molecule has 0 radical (unpaired) electrons. The molecule has 0 saturated heterocycles. The third-order valence-electron chi connectivity index (χ3n) is 3.06. The van der Waals surface area contributed by atoms with E-state index in [1.165, 1.54) is 0 Å². The van der Waals surface area contributed by atoms with E-state index < -0.39 is 9.84 Å². The van der Waals surface area contributed by atoms with E-state index in [4.69, 9.17) is 0 Å². The molecule has 0 aliphatic heterocycles. The van der Waals surface area contributed by atoms with Crippen molar-refractivity contribution < 1.29 is 8.42 Å². The van der Waals surface area contributed by atoms with Crippen LogP contribution < -0.4 is 0 Å². The van der Waals surface area contributed by atoms with Gasteiger partial charge >= 0.3 is 0 Å². The van der Waals surface area contributed by atoms with Gasteiger partial charge in [0.25, 0.3) is 0 Å². The van der Waals surface area contributed by atoms with Crippen LogP contribution in [0.4, 0.5) is 0 Å². The van der Waals surface area contributed by atoms with Crippen molar-refractivity contribution in [1.29, 1.82) is 0 Å². The molecular formula is C14H16O2S. The van der Waals surface area contributed by atoms with Crippen molar-refractivity contribution in [2.45, 2.75) is 31.1 Å².